The summed E-state index contributed by atoms with van der Waals surface area (Å²) in [4.78, 5) is 26.3. The van der Waals surface area contributed by atoms with Crippen molar-refractivity contribution < 1.29 is 9.59 Å². The normalized spacial score (nSPS) is 25.2. The fraction of sp³-hybridized carbons (Fsp3) is 0.789. The summed E-state index contributed by atoms with van der Waals surface area (Å²) in [6, 6.07) is 0.0766. The maximum Gasteiger partial charge on any atom is 0.315 e. The topological polar surface area (TPSA) is 61.4 Å². The Morgan fingerprint density at radius 1 is 1.04 bits per heavy atom. The van der Waals surface area contributed by atoms with Crippen molar-refractivity contribution in [2.24, 2.45) is 5.92 Å². The van der Waals surface area contributed by atoms with Gasteiger partial charge in [0.25, 0.3) is 0 Å². The zero-order valence-electron chi connectivity index (χ0n) is 14.7. The van der Waals surface area contributed by atoms with E-state index in [0.717, 1.165) is 38.8 Å². The SMILES string of the molecule is O=C(NCC(=O)N1CCC2CCCC=C2C1)NC1CCCCCC1. The van der Waals surface area contributed by atoms with Crippen LogP contribution in [0.15, 0.2) is 11.6 Å². The number of urea groups is 1. The Hall–Kier alpha value is -1.52. The summed E-state index contributed by atoms with van der Waals surface area (Å²) in [7, 11) is 0. The van der Waals surface area contributed by atoms with E-state index in [1.807, 2.05) is 4.90 Å². The van der Waals surface area contributed by atoms with Crippen LogP contribution < -0.4 is 10.6 Å². The first-order chi connectivity index (χ1) is 11.7. The van der Waals surface area contributed by atoms with Gasteiger partial charge in [0, 0.05) is 19.1 Å². The molecule has 3 rings (SSSR count). The molecule has 3 amide bonds. The van der Waals surface area contributed by atoms with Gasteiger partial charge in [-0.15, -0.1) is 0 Å². The maximum atomic E-state index is 12.4. The Morgan fingerprint density at radius 2 is 1.83 bits per heavy atom. The van der Waals surface area contributed by atoms with E-state index in [4.69, 9.17) is 0 Å². The molecule has 134 valence electrons. The first-order valence-electron chi connectivity index (χ1n) is 9.73. The van der Waals surface area contributed by atoms with Crippen molar-refractivity contribution in [3.8, 4) is 0 Å². The minimum absolute atomic E-state index is 0.0379. The zero-order valence-corrected chi connectivity index (χ0v) is 14.7. The van der Waals surface area contributed by atoms with Crippen molar-refractivity contribution in [2.75, 3.05) is 19.6 Å². The van der Waals surface area contributed by atoms with E-state index < -0.39 is 0 Å². The monoisotopic (exact) mass is 333 g/mol. The van der Waals surface area contributed by atoms with E-state index in [-0.39, 0.29) is 24.5 Å². The Kier molecular flexibility index (Phi) is 6.16. The van der Waals surface area contributed by atoms with E-state index in [1.165, 1.54) is 44.1 Å². The van der Waals surface area contributed by atoms with Gasteiger partial charge in [-0.1, -0.05) is 37.3 Å². The number of amides is 3. The van der Waals surface area contributed by atoms with E-state index in [1.54, 1.807) is 0 Å². The van der Waals surface area contributed by atoms with Crippen molar-refractivity contribution in [2.45, 2.75) is 70.3 Å². The third-order valence-corrected chi connectivity index (χ3v) is 5.75. The molecular weight excluding hydrogens is 302 g/mol. The van der Waals surface area contributed by atoms with Crippen molar-refractivity contribution in [1.29, 1.82) is 0 Å². The average Bonchev–Trinajstić information content (AvgIpc) is 2.88. The fourth-order valence-corrected chi connectivity index (χ4v) is 4.28. The highest BCUT2D eigenvalue weighted by molar-refractivity contribution is 5.84. The second kappa shape index (κ2) is 8.54. The van der Waals surface area contributed by atoms with Crippen LogP contribution in [0, 0.1) is 5.92 Å². The highest BCUT2D eigenvalue weighted by atomic mass is 16.2. The third kappa shape index (κ3) is 4.74. The second-order valence-electron chi connectivity index (χ2n) is 7.53. The van der Waals surface area contributed by atoms with E-state index in [0.29, 0.717) is 5.92 Å². The zero-order chi connectivity index (χ0) is 16.8. The second-order valence-corrected chi connectivity index (χ2v) is 7.53. The maximum absolute atomic E-state index is 12.4. The Labute approximate surface area is 145 Å². The molecular formula is C19H31N3O2. The molecule has 1 saturated heterocycles. The van der Waals surface area contributed by atoms with E-state index in [9.17, 15) is 9.59 Å². The lowest BCUT2D eigenvalue weighted by Gasteiger charge is -2.36. The summed E-state index contributed by atoms with van der Waals surface area (Å²) in [5.74, 6) is 0.727. The Balaban J connectivity index is 1.40. The number of fused-ring (bicyclic) bond motifs is 1. The minimum Gasteiger partial charge on any atom is -0.337 e. The van der Waals surface area contributed by atoms with Crippen LogP contribution in [-0.2, 0) is 4.79 Å². The number of rotatable bonds is 3. The number of likely N-dealkylation sites (tertiary alicyclic amines) is 1. The van der Waals surface area contributed by atoms with E-state index in [2.05, 4.69) is 16.7 Å². The number of piperidine rings is 1. The molecule has 24 heavy (non-hydrogen) atoms. The van der Waals surface area contributed by atoms with Crippen molar-refractivity contribution >= 4 is 11.9 Å². The molecule has 0 aromatic rings. The van der Waals surface area contributed by atoms with Crippen LogP contribution in [0.2, 0.25) is 0 Å². The first kappa shape index (κ1) is 17.3. The Morgan fingerprint density at radius 3 is 2.62 bits per heavy atom. The highest BCUT2D eigenvalue weighted by Gasteiger charge is 2.27. The molecule has 1 atom stereocenters. The van der Waals surface area contributed by atoms with Gasteiger partial charge in [0.1, 0.15) is 0 Å². The van der Waals surface area contributed by atoms with Gasteiger partial charge in [-0.25, -0.2) is 4.79 Å². The number of allylic oxidation sites excluding steroid dienone is 1. The lowest BCUT2D eigenvalue weighted by Crippen LogP contribution is -2.48. The number of hydrogen-bond acceptors (Lipinski definition) is 2. The van der Waals surface area contributed by atoms with Crippen LogP contribution in [0.3, 0.4) is 0 Å². The van der Waals surface area contributed by atoms with Gasteiger partial charge in [-0.3, -0.25) is 4.79 Å². The Bertz CT molecular complexity index is 481. The molecule has 5 heteroatoms. The summed E-state index contributed by atoms with van der Waals surface area (Å²) >= 11 is 0. The van der Waals surface area contributed by atoms with Gasteiger partial charge in [0.2, 0.25) is 5.91 Å². The highest BCUT2D eigenvalue weighted by Crippen LogP contribution is 2.31. The molecule has 0 aromatic carbocycles. The molecule has 0 bridgehead atoms. The molecule has 2 fully saturated rings. The van der Waals surface area contributed by atoms with E-state index >= 15 is 0 Å². The molecule has 0 aromatic heterocycles. The molecule has 1 aliphatic heterocycles. The molecule has 1 unspecified atom stereocenters. The number of carbonyl (C=O) groups excluding carboxylic acids is 2. The number of hydrogen-bond donors (Lipinski definition) is 2. The largest absolute Gasteiger partial charge is 0.337 e. The lowest BCUT2D eigenvalue weighted by atomic mass is 9.82. The average molecular weight is 333 g/mol. The first-order valence-corrected chi connectivity index (χ1v) is 9.73. The van der Waals surface area contributed by atoms with Gasteiger partial charge in [0.05, 0.1) is 6.54 Å². The van der Waals surface area contributed by atoms with Crippen molar-refractivity contribution in [3.05, 3.63) is 11.6 Å². The third-order valence-electron chi connectivity index (χ3n) is 5.75. The summed E-state index contributed by atoms with van der Waals surface area (Å²) in [5.41, 5.74) is 1.43. The van der Waals surface area contributed by atoms with Crippen LogP contribution in [-0.4, -0.2) is 42.5 Å². The number of nitrogens with zero attached hydrogens (tertiary/aromatic N) is 1. The van der Waals surface area contributed by atoms with Gasteiger partial charge >= 0.3 is 6.03 Å². The van der Waals surface area contributed by atoms with Crippen LogP contribution in [0.1, 0.15) is 64.2 Å². The molecule has 2 N–H and O–H groups in total. The fourth-order valence-electron chi connectivity index (χ4n) is 4.28. The summed E-state index contributed by atoms with van der Waals surface area (Å²) in [6.45, 7) is 1.69. The lowest BCUT2D eigenvalue weighted by molar-refractivity contribution is -0.130. The van der Waals surface area contributed by atoms with Gasteiger partial charge in [-0.2, -0.15) is 0 Å². The van der Waals surface area contributed by atoms with Crippen LogP contribution in [0.25, 0.3) is 0 Å². The number of carbonyl (C=O) groups is 2. The quantitative estimate of drug-likeness (QED) is 0.616. The van der Waals surface area contributed by atoms with Crippen LogP contribution in [0.4, 0.5) is 4.79 Å². The van der Waals surface area contributed by atoms with Crippen molar-refractivity contribution in [3.63, 3.8) is 0 Å². The molecule has 5 nitrogen and oxygen atoms in total. The van der Waals surface area contributed by atoms with Gasteiger partial charge < -0.3 is 15.5 Å². The minimum atomic E-state index is -0.193. The van der Waals surface area contributed by atoms with Crippen LogP contribution in [0.5, 0.6) is 0 Å². The summed E-state index contributed by atoms with van der Waals surface area (Å²) in [5, 5.41) is 5.79. The van der Waals surface area contributed by atoms with Crippen LogP contribution >= 0.6 is 0 Å². The van der Waals surface area contributed by atoms with Gasteiger partial charge in [-0.05, 0) is 44.4 Å². The summed E-state index contributed by atoms with van der Waals surface area (Å²) in [6.07, 6.45) is 14.1. The molecule has 0 spiro atoms. The molecule has 1 saturated carbocycles. The van der Waals surface area contributed by atoms with Gasteiger partial charge in [0.15, 0.2) is 0 Å². The predicted octanol–water partition coefficient (Wildman–Crippen LogP) is 2.97. The van der Waals surface area contributed by atoms with Crippen molar-refractivity contribution in [1.82, 2.24) is 15.5 Å². The molecule has 2 aliphatic carbocycles. The number of nitrogens with one attached hydrogen (secondary N) is 2. The predicted molar refractivity (Wildman–Crippen MR) is 94.6 cm³/mol. The standard InChI is InChI=1S/C19H31N3O2/c23-18(22-12-11-15-7-5-6-8-16(15)14-22)13-20-19(24)21-17-9-3-1-2-4-10-17/h8,15,17H,1-7,9-14H2,(H2,20,21,24). The molecule has 3 aliphatic rings. The molecule has 0 radical (unpaired) electrons. The summed E-state index contributed by atoms with van der Waals surface area (Å²) < 4.78 is 0. The smallest absolute Gasteiger partial charge is 0.315 e. The molecule has 1 heterocycles.